The largest absolute Gasteiger partial charge is 0.497 e. The van der Waals surface area contributed by atoms with Crippen LogP contribution >= 0.6 is 0 Å². The fourth-order valence-electron chi connectivity index (χ4n) is 2.75. The van der Waals surface area contributed by atoms with Gasteiger partial charge in [0, 0.05) is 19.1 Å². The molecule has 1 aromatic carbocycles. The molecule has 1 N–H and O–H groups in total. The lowest BCUT2D eigenvalue weighted by Gasteiger charge is -2.35. The van der Waals surface area contributed by atoms with Crippen LogP contribution in [0.4, 0.5) is 4.79 Å². The van der Waals surface area contributed by atoms with Crippen LogP contribution < -0.4 is 10.1 Å². The van der Waals surface area contributed by atoms with Gasteiger partial charge >= 0.3 is 6.03 Å². The maximum Gasteiger partial charge on any atom is 0.317 e. The molecular weight excluding hydrogens is 252 g/mol. The highest BCUT2D eigenvalue weighted by Crippen LogP contribution is 2.19. The number of methoxy groups -OCH3 is 1. The smallest absolute Gasteiger partial charge is 0.317 e. The van der Waals surface area contributed by atoms with E-state index in [1.165, 1.54) is 6.42 Å². The summed E-state index contributed by atoms with van der Waals surface area (Å²) in [4.78, 5) is 14.3. The summed E-state index contributed by atoms with van der Waals surface area (Å²) in [7, 11) is 1.65. The predicted octanol–water partition coefficient (Wildman–Crippen LogP) is 3.17. The maximum atomic E-state index is 12.3. The van der Waals surface area contributed by atoms with Gasteiger partial charge in [0.25, 0.3) is 0 Å². The van der Waals surface area contributed by atoms with Gasteiger partial charge in [0.2, 0.25) is 0 Å². The molecule has 1 aromatic rings. The second-order valence-corrected chi connectivity index (χ2v) is 5.26. The van der Waals surface area contributed by atoms with Crippen molar-refractivity contribution in [2.24, 2.45) is 0 Å². The third-order valence-electron chi connectivity index (χ3n) is 3.94. The number of rotatable bonds is 4. The van der Waals surface area contributed by atoms with E-state index in [4.69, 9.17) is 4.74 Å². The monoisotopic (exact) mass is 276 g/mol. The molecule has 0 spiro atoms. The summed E-state index contributed by atoms with van der Waals surface area (Å²) < 4.78 is 5.19. The summed E-state index contributed by atoms with van der Waals surface area (Å²) in [6, 6.07) is 8.25. The first-order valence-electron chi connectivity index (χ1n) is 7.42. The van der Waals surface area contributed by atoms with Crippen LogP contribution in [0.5, 0.6) is 5.75 Å². The lowest BCUT2D eigenvalue weighted by molar-refractivity contribution is 0.148. The number of nitrogens with zero attached hydrogens (tertiary/aromatic N) is 1. The Bertz CT molecular complexity index is 448. The molecule has 20 heavy (non-hydrogen) atoms. The molecule has 1 saturated heterocycles. The van der Waals surface area contributed by atoms with E-state index in [-0.39, 0.29) is 6.03 Å². The Morgan fingerprint density at radius 2 is 2.30 bits per heavy atom. The van der Waals surface area contributed by atoms with Crippen LogP contribution in [0.3, 0.4) is 0 Å². The van der Waals surface area contributed by atoms with Crippen molar-refractivity contribution in [1.29, 1.82) is 0 Å². The number of hydrogen-bond acceptors (Lipinski definition) is 2. The molecule has 0 aromatic heterocycles. The van der Waals surface area contributed by atoms with Gasteiger partial charge < -0.3 is 15.0 Å². The standard InChI is InChI=1S/C16H24N2O2/c1-3-14-8-4-5-10-18(14)16(19)17-12-13-7-6-9-15(11-13)20-2/h6-7,9,11,14H,3-5,8,10,12H2,1-2H3,(H,17,19). The van der Waals surface area contributed by atoms with Crippen molar-refractivity contribution in [3.63, 3.8) is 0 Å². The lowest BCUT2D eigenvalue weighted by Crippen LogP contribution is -2.48. The van der Waals surface area contributed by atoms with Gasteiger partial charge in [-0.05, 0) is 43.4 Å². The number of piperidine rings is 1. The van der Waals surface area contributed by atoms with Crippen molar-refractivity contribution in [1.82, 2.24) is 10.2 Å². The van der Waals surface area contributed by atoms with Gasteiger partial charge in [0.05, 0.1) is 7.11 Å². The Balaban J connectivity index is 1.90. The molecule has 0 saturated carbocycles. The summed E-state index contributed by atoms with van der Waals surface area (Å²) in [5.74, 6) is 0.821. The summed E-state index contributed by atoms with van der Waals surface area (Å²) in [5.41, 5.74) is 1.06. The molecule has 0 bridgehead atoms. The molecule has 1 aliphatic rings. The Hall–Kier alpha value is -1.71. The van der Waals surface area contributed by atoms with Crippen molar-refractivity contribution >= 4 is 6.03 Å². The van der Waals surface area contributed by atoms with Gasteiger partial charge in [0.15, 0.2) is 0 Å². The molecule has 4 heteroatoms. The zero-order valence-corrected chi connectivity index (χ0v) is 12.4. The van der Waals surface area contributed by atoms with Crippen molar-refractivity contribution in [3.05, 3.63) is 29.8 Å². The Morgan fingerprint density at radius 3 is 3.05 bits per heavy atom. The molecule has 0 radical (unpaired) electrons. The lowest BCUT2D eigenvalue weighted by atomic mass is 10.0. The second kappa shape index (κ2) is 7.17. The number of benzene rings is 1. The van der Waals surface area contributed by atoms with Crippen LogP contribution in [0.1, 0.15) is 38.2 Å². The fourth-order valence-corrected chi connectivity index (χ4v) is 2.75. The number of hydrogen-bond donors (Lipinski definition) is 1. The molecule has 2 rings (SSSR count). The third-order valence-corrected chi connectivity index (χ3v) is 3.94. The van der Waals surface area contributed by atoms with E-state index >= 15 is 0 Å². The number of ether oxygens (including phenoxy) is 1. The molecule has 1 aliphatic heterocycles. The first-order chi connectivity index (χ1) is 9.74. The highest BCUT2D eigenvalue weighted by molar-refractivity contribution is 5.74. The number of amides is 2. The van der Waals surface area contributed by atoms with Gasteiger partial charge in [0.1, 0.15) is 5.75 Å². The average Bonchev–Trinajstić information content (AvgIpc) is 2.52. The average molecular weight is 276 g/mol. The SMILES string of the molecule is CCC1CCCCN1C(=O)NCc1cccc(OC)c1. The van der Waals surface area contributed by atoms with Crippen LogP contribution in [0.25, 0.3) is 0 Å². The highest BCUT2D eigenvalue weighted by atomic mass is 16.5. The van der Waals surface area contributed by atoms with Gasteiger partial charge in [-0.25, -0.2) is 4.79 Å². The van der Waals surface area contributed by atoms with E-state index in [1.54, 1.807) is 7.11 Å². The molecule has 110 valence electrons. The Kier molecular flexibility index (Phi) is 5.27. The zero-order chi connectivity index (χ0) is 14.4. The van der Waals surface area contributed by atoms with Gasteiger partial charge in [-0.15, -0.1) is 0 Å². The summed E-state index contributed by atoms with van der Waals surface area (Å²) in [5, 5.41) is 3.02. The van der Waals surface area contributed by atoms with Crippen molar-refractivity contribution in [3.8, 4) is 5.75 Å². The molecule has 2 amide bonds. The number of carbonyl (C=O) groups excluding carboxylic acids is 1. The molecule has 1 unspecified atom stereocenters. The Labute approximate surface area is 121 Å². The number of urea groups is 1. The van der Waals surface area contributed by atoms with Gasteiger partial charge in [-0.2, -0.15) is 0 Å². The fraction of sp³-hybridized carbons (Fsp3) is 0.562. The molecular formula is C16H24N2O2. The van der Waals surface area contributed by atoms with Crippen molar-refractivity contribution < 1.29 is 9.53 Å². The number of likely N-dealkylation sites (tertiary alicyclic amines) is 1. The minimum atomic E-state index is 0.0550. The van der Waals surface area contributed by atoms with Gasteiger partial charge in [-0.1, -0.05) is 19.1 Å². The van der Waals surface area contributed by atoms with E-state index in [1.807, 2.05) is 29.2 Å². The van der Waals surface area contributed by atoms with E-state index in [0.717, 1.165) is 37.1 Å². The highest BCUT2D eigenvalue weighted by Gasteiger charge is 2.24. The zero-order valence-electron chi connectivity index (χ0n) is 12.4. The van der Waals surface area contributed by atoms with E-state index in [9.17, 15) is 4.79 Å². The van der Waals surface area contributed by atoms with E-state index < -0.39 is 0 Å². The van der Waals surface area contributed by atoms with Crippen molar-refractivity contribution in [2.45, 2.75) is 45.2 Å². The van der Waals surface area contributed by atoms with Crippen LogP contribution in [-0.2, 0) is 6.54 Å². The van der Waals surface area contributed by atoms with Crippen molar-refractivity contribution in [2.75, 3.05) is 13.7 Å². The van der Waals surface area contributed by atoms with E-state index in [2.05, 4.69) is 12.2 Å². The predicted molar refractivity (Wildman–Crippen MR) is 79.9 cm³/mol. The van der Waals surface area contributed by atoms with Crippen LogP contribution in [0.15, 0.2) is 24.3 Å². The first kappa shape index (κ1) is 14.7. The molecule has 1 fully saturated rings. The third kappa shape index (κ3) is 3.65. The second-order valence-electron chi connectivity index (χ2n) is 5.26. The number of carbonyl (C=O) groups is 1. The summed E-state index contributed by atoms with van der Waals surface area (Å²) >= 11 is 0. The minimum absolute atomic E-state index is 0.0550. The Morgan fingerprint density at radius 1 is 1.45 bits per heavy atom. The summed E-state index contributed by atoms with van der Waals surface area (Å²) in [6.07, 6.45) is 4.51. The molecule has 1 atom stereocenters. The molecule has 0 aliphatic carbocycles. The van der Waals surface area contributed by atoms with Crippen LogP contribution in [-0.4, -0.2) is 30.6 Å². The van der Waals surface area contributed by atoms with Crippen LogP contribution in [0.2, 0.25) is 0 Å². The maximum absolute atomic E-state index is 12.3. The summed E-state index contributed by atoms with van der Waals surface area (Å²) in [6.45, 7) is 3.57. The van der Waals surface area contributed by atoms with E-state index in [0.29, 0.717) is 12.6 Å². The number of nitrogens with one attached hydrogen (secondary N) is 1. The minimum Gasteiger partial charge on any atom is -0.497 e. The quantitative estimate of drug-likeness (QED) is 0.917. The van der Waals surface area contributed by atoms with Crippen LogP contribution in [0, 0.1) is 0 Å². The normalized spacial score (nSPS) is 18.7. The topological polar surface area (TPSA) is 41.6 Å². The van der Waals surface area contributed by atoms with Gasteiger partial charge in [-0.3, -0.25) is 0 Å². The molecule has 4 nitrogen and oxygen atoms in total. The first-order valence-corrected chi connectivity index (χ1v) is 7.42. The molecule has 1 heterocycles.